The van der Waals surface area contributed by atoms with Crippen molar-refractivity contribution in [1.82, 2.24) is 0 Å². The molecule has 2 N–H and O–H groups in total. The van der Waals surface area contributed by atoms with Crippen LogP contribution in [-0.2, 0) is 0 Å². The molecular formula is C15H11ClINO3. The van der Waals surface area contributed by atoms with E-state index in [1.807, 2.05) is 22.6 Å². The van der Waals surface area contributed by atoms with Crippen LogP contribution in [0, 0.1) is 10.5 Å². The Labute approximate surface area is 140 Å². The van der Waals surface area contributed by atoms with Crippen molar-refractivity contribution in [2.45, 2.75) is 6.92 Å². The second kappa shape index (κ2) is 6.44. The van der Waals surface area contributed by atoms with Gasteiger partial charge in [0.05, 0.1) is 11.3 Å². The van der Waals surface area contributed by atoms with Gasteiger partial charge >= 0.3 is 5.97 Å². The Morgan fingerprint density at radius 2 is 1.90 bits per heavy atom. The van der Waals surface area contributed by atoms with Crippen molar-refractivity contribution in [3.63, 3.8) is 0 Å². The molecule has 2 aromatic rings. The molecule has 4 nitrogen and oxygen atoms in total. The fourth-order valence-corrected chi connectivity index (χ4v) is 2.39. The number of carbonyl (C=O) groups is 2. The van der Waals surface area contributed by atoms with Crippen LogP contribution in [0.5, 0.6) is 0 Å². The number of carboxylic acids is 1. The summed E-state index contributed by atoms with van der Waals surface area (Å²) in [7, 11) is 0. The summed E-state index contributed by atoms with van der Waals surface area (Å²) in [6.45, 7) is 1.80. The number of rotatable bonds is 3. The first-order valence-electron chi connectivity index (χ1n) is 5.99. The van der Waals surface area contributed by atoms with E-state index < -0.39 is 5.97 Å². The van der Waals surface area contributed by atoms with E-state index in [4.69, 9.17) is 11.6 Å². The molecule has 21 heavy (non-hydrogen) atoms. The number of anilines is 1. The largest absolute Gasteiger partial charge is 0.478 e. The van der Waals surface area contributed by atoms with E-state index in [2.05, 4.69) is 5.32 Å². The molecule has 0 spiro atoms. The van der Waals surface area contributed by atoms with Gasteiger partial charge in [0.15, 0.2) is 0 Å². The van der Waals surface area contributed by atoms with Crippen LogP contribution in [0.1, 0.15) is 26.3 Å². The lowest BCUT2D eigenvalue weighted by atomic mass is 10.1. The average molecular weight is 416 g/mol. The minimum atomic E-state index is -1.09. The van der Waals surface area contributed by atoms with Crippen LogP contribution in [-0.4, -0.2) is 17.0 Å². The van der Waals surface area contributed by atoms with Crippen LogP contribution in [0.2, 0.25) is 5.02 Å². The normalized spacial score (nSPS) is 10.2. The SMILES string of the molecule is Cc1cc(C(=O)Nc2ccc(I)cc2C(=O)O)ccc1Cl. The molecule has 0 aliphatic carbocycles. The Morgan fingerprint density at radius 1 is 1.19 bits per heavy atom. The highest BCUT2D eigenvalue weighted by molar-refractivity contribution is 14.1. The van der Waals surface area contributed by atoms with Gasteiger partial charge in [0.1, 0.15) is 0 Å². The molecule has 0 heterocycles. The first-order valence-corrected chi connectivity index (χ1v) is 7.44. The molecule has 0 aliphatic rings. The van der Waals surface area contributed by atoms with Crippen LogP contribution in [0.3, 0.4) is 0 Å². The van der Waals surface area contributed by atoms with Crippen molar-refractivity contribution in [3.05, 3.63) is 61.7 Å². The first-order chi connectivity index (χ1) is 9.88. The molecule has 0 unspecified atom stereocenters. The summed E-state index contributed by atoms with van der Waals surface area (Å²) in [5.41, 5.74) is 1.53. The average Bonchev–Trinajstić information content (AvgIpc) is 2.43. The molecule has 0 bridgehead atoms. The van der Waals surface area contributed by atoms with Crippen LogP contribution < -0.4 is 5.32 Å². The highest BCUT2D eigenvalue weighted by Gasteiger charge is 2.14. The molecule has 0 saturated carbocycles. The van der Waals surface area contributed by atoms with Gasteiger partial charge in [-0.25, -0.2) is 4.79 Å². The summed E-state index contributed by atoms with van der Waals surface area (Å²) < 4.78 is 0.783. The molecule has 6 heteroatoms. The molecule has 0 saturated heterocycles. The zero-order chi connectivity index (χ0) is 15.6. The lowest BCUT2D eigenvalue weighted by Gasteiger charge is -2.10. The van der Waals surface area contributed by atoms with E-state index in [-0.39, 0.29) is 17.2 Å². The van der Waals surface area contributed by atoms with Crippen molar-refractivity contribution in [2.24, 2.45) is 0 Å². The van der Waals surface area contributed by atoms with Gasteiger partial charge in [-0.05, 0) is 71.5 Å². The summed E-state index contributed by atoms with van der Waals surface area (Å²) in [5, 5.41) is 12.4. The predicted octanol–water partition coefficient (Wildman–Crippen LogP) is 4.20. The lowest BCUT2D eigenvalue weighted by molar-refractivity contribution is 0.0698. The van der Waals surface area contributed by atoms with Crippen LogP contribution >= 0.6 is 34.2 Å². The van der Waals surface area contributed by atoms with E-state index >= 15 is 0 Å². The topological polar surface area (TPSA) is 66.4 Å². The number of halogens is 2. The molecule has 0 aliphatic heterocycles. The number of hydrogen-bond donors (Lipinski definition) is 2. The monoisotopic (exact) mass is 415 g/mol. The molecule has 1 amide bonds. The van der Waals surface area contributed by atoms with Gasteiger partial charge in [-0.2, -0.15) is 0 Å². The Hall–Kier alpha value is -1.60. The minimum Gasteiger partial charge on any atom is -0.478 e. The summed E-state index contributed by atoms with van der Waals surface area (Å²) in [4.78, 5) is 23.4. The van der Waals surface area contributed by atoms with Gasteiger partial charge in [-0.3, -0.25) is 4.79 Å². The number of carboxylic acid groups (broad SMARTS) is 1. The Balaban J connectivity index is 2.31. The van der Waals surface area contributed by atoms with Gasteiger partial charge in [0, 0.05) is 14.2 Å². The number of amides is 1. The van der Waals surface area contributed by atoms with Crippen LogP contribution in [0.25, 0.3) is 0 Å². The number of carbonyl (C=O) groups excluding carboxylic acids is 1. The maximum Gasteiger partial charge on any atom is 0.337 e. The molecule has 108 valence electrons. The van der Waals surface area contributed by atoms with Crippen molar-refractivity contribution >= 4 is 51.8 Å². The van der Waals surface area contributed by atoms with Crippen molar-refractivity contribution in [3.8, 4) is 0 Å². The number of aryl methyl sites for hydroxylation is 1. The molecule has 2 aromatic carbocycles. The Kier molecular flexibility index (Phi) is 4.84. The summed E-state index contributed by atoms with van der Waals surface area (Å²) in [6.07, 6.45) is 0. The van der Waals surface area contributed by atoms with Crippen molar-refractivity contribution in [1.29, 1.82) is 0 Å². The molecule has 2 rings (SSSR count). The highest BCUT2D eigenvalue weighted by Crippen LogP contribution is 2.21. The van der Waals surface area contributed by atoms with Crippen molar-refractivity contribution in [2.75, 3.05) is 5.32 Å². The zero-order valence-corrected chi connectivity index (χ0v) is 13.9. The Morgan fingerprint density at radius 3 is 2.52 bits per heavy atom. The third-order valence-electron chi connectivity index (χ3n) is 2.88. The number of hydrogen-bond acceptors (Lipinski definition) is 2. The summed E-state index contributed by atoms with van der Waals surface area (Å²) >= 11 is 7.94. The standard InChI is InChI=1S/C15H11ClINO3/c1-8-6-9(2-4-12(8)16)14(19)18-13-5-3-10(17)7-11(13)15(20)21/h2-7H,1H3,(H,18,19)(H,20,21). The van der Waals surface area contributed by atoms with E-state index in [0.29, 0.717) is 10.6 Å². The highest BCUT2D eigenvalue weighted by atomic mass is 127. The second-order valence-corrected chi connectivity index (χ2v) is 6.07. The van der Waals surface area contributed by atoms with Gasteiger partial charge in [0.25, 0.3) is 5.91 Å². The molecular weight excluding hydrogens is 405 g/mol. The minimum absolute atomic E-state index is 0.0564. The summed E-state index contributed by atoms with van der Waals surface area (Å²) in [5.74, 6) is -1.46. The van der Waals surface area contributed by atoms with Gasteiger partial charge < -0.3 is 10.4 Å². The van der Waals surface area contributed by atoms with Gasteiger partial charge in [0.2, 0.25) is 0 Å². The van der Waals surface area contributed by atoms with Crippen LogP contribution in [0.15, 0.2) is 36.4 Å². The van der Waals surface area contributed by atoms with Gasteiger partial charge in [-0.15, -0.1) is 0 Å². The molecule has 0 atom stereocenters. The zero-order valence-electron chi connectivity index (χ0n) is 11.0. The maximum atomic E-state index is 12.2. The number of benzene rings is 2. The summed E-state index contributed by atoms with van der Waals surface area (Å²) in [6, 6.07) is 9.70. The molecule has 0 aromatic heterocycles. The second-order valence-electron chi connectivity index (χ2n) is 4.41. The van der Waals surface area contributed by atoms with E-state index in [9.17, 15) is 14.7 Å². The van der Waals surface area contributed by atoms with Gasteiger partial charge in [-0.1, -0.05) is 11.6 Å². The van der Waals surface area contributed by atoms with E-state index in [1.54, 1.807) is 37.3 Å². The number of nitrogens with one attached hydrogen (secondary N) is 1. The Bertz CT molecular complexity index is 731. The third-order valence-corrected chi connectivity index (χ3v) is 3.98. The predicted molar refractivity (Wildman–Crippen MR) is 90.3 cm³/mol. The smallest absolute Gasteiger partial charge is 0.337 e. The van der Waals surface area contributed by atoms with E-state index in [1.165, 1.54) is 6.07 Å². The van der Waals surface area contributed by atoms with E-state index in [0.717, 1.165) is 9.13 Å². The maximum absolute atomic E-state index is 12.2. The lowest BCUT2D eigenvalue weighted by Crippen LogP contribution is -2.15. The molecule has 0 fully saturated rings. The first kappa shape index (κ1) is 15.8. The molecule has 0 radical (unpaired) electrons. The van der Waals surface area contributed by atoms with Crippen molar-refractivity contribution < 1.29 is 14.7 Å². The fourth-order valence-electron chi connectivity index (χ4n) is 1.78. The third kappa shape index (κ3) is 3.74. The fraction of sp³-hybridized carbons (Fsp3) is 0.0667. The quantitative estimate of drug-likeness (QED) is 0.738. The van der Waals surface area contributed by atoms with Crippen LogP contribution in [0.4, 0.5) is 5.69 Å². The number of aromatic carboxylic acids is 1.